The Morgan fingerprint density at radius 2 is 1.96 bits per heavy atom. The largest absolute Gasteiger partial charge is 0.478 e. The fourth-order valence-electron chi connectivity index (χ4n) is 3.41. The summed E-state index contributed by atoms with van der Waals surface area (Å²) in [7, 11) is 0. The normalized spacial score (nSPS) is 19.8. The summed E-state index contributed by atoms with van der Waals surface area (Å²) in [5, 5.41) is 9.56. The summed E-state index contributed by atoms with van der Waals surface area (Å²) in [6.45, 7) is 0. The molecular formula is C15H17BrFN5O2. The highest BCUT2D eigenvalue weighted by Crippen LogP contribution is 2.42. The minimum atomic E-state index is -1.27. The summed E-state index contributed by atoms with van der Waals surface area (Å²) >= 11 is 3.18. The molecule has 1 aliphatic carbocycles. The maximum absolute atomic E-state index is 14.7. The van der Waals surface area contributed by atoms with E-state index in [0.29, 0.717) is 12.8 Å². The third kappa shape index (κ3) is 2.62. The van der Waals surface area contributed by atoms with Crippen molar-refractivity contribution in [3.05, 3.63) is 28.0 Å². The lowest BCUT2D eigenvalue weighted by Crippen LogP contribution is -2.59. The van der Waals surface area contributed by atoms with Gasteiger partial charge in [-0.2, -0.15) is 4.99 Å². The van der Waals surface area contributed by atoms with Crippen LogP contribution in [0.4, 0.5) is 10.1 Å². The van der Waals surface area contributed by atoms with Crippen molar-refractivity contribution in [3.63, 3.8) is 0 Å². The monoisotopic (exact) mass is 397 g/mol. The van der Waals surface area contributed by atoms with Crippen LogP contribution < -0.4 is 16.4 Å². The van der Waals surface area contributed by atoms with Gasteiger partial charge in [0, 0.05) is 4.47 Å². The lowest BCUT2D eigenvalue weighted by Gasteiger charge is -2.46. The van der Waals surface area contributed by atoms with E-state index in [9.17, 15) is 14.3 Å². The fraction of sp³-hybridized carbons (Fsp3) is 0.400. The lowest BCUT2D eigenvalue weighted by atomic mass is 9.87. The van der Waals surface area contributed by atoms with Crippen molar-refractivity contribution in [2.75, 3.05) is 4.90 Å². The summed E-state index contributed by atoms with van der Waals surface area (Å²) in [6.07, 6.45) is 3.93. The zero-order valence-electron chi connectivity index (χ0n) is 12.8. The van der Waals surface area contributed by atoms with E-state index in [-0.39, 0.29) is 27.6 Å². The molecule has 0 unspecified atom stereocenters. The number of aliphatic imine (C=N–C) groups is 2. The molecule has 1 aromatic rings. The van der Waals surface area contributed by atoms with E-state index in [1.807, 2.05) is 0 Å². The topological polar surface area (TPSA) is 117 Å². The Bertz CT molecular complexity index is 758. The van der Waals surface area contributed by atoms with Crippen LogP contribution in [0.25, 0.3) is 0 Å². The molecule has 7 nitrogen and oxygen atoms in total. The number of halogens is 2. The van der Waals surface area contributed by atoms with Gasteiger partial charge in [-0.15, -0.1) is 0 Å². The minimum Gasteiger partial charge on any atom is -0.478 e. The Hall–Kier alpha value is -2.16. The maximum Gasteiger partial charge on any atom is 0.339 e. The maximum atomic E-state index is 14.7. The van der Waals surface area contributed by atoms with Gasteiger partial charge in [-0.3, -0.25) is 4.90 Å². The highest BCUT2D eigenvalue weighted by Gasteiger charge is 2.45. The molecule has 1 saturated carbocycles. The van der Waals surface area contributed by atoms with E-state index >= 15 is 0 Å². The fourth-order valence-corrected chi connectivity index (χ4v) is 3.90. The van der Waals surface area contributed by atoms with Gasteiger partial charge >= 0.3 is 5.97 Å². The van der Waals surface area contributed by atoms with Crippen LogP contribution in [0.2, 0.25) is 0 Å². The molecule has 24 heavy (non-hydrogen) atoms. The summed E-state index contributed by atoms with van der Waals surface area (Å²) in [5.41, 5.74) is 10.5. The second-order valence-corrected chi connectivity index (χ2v) is 6.73. The number of anilines is 1. The molecule has 0 radical (unpaired) electrons. The molecule has 1 heterocycles. The number of hydrogen-bond acceptors (Lipinski definition) is 6. The number of nitrogens with zero attached hydrogens (tertiary/aromatic N) is 3. The molecule has 2 aliphatic rings. The van der Waals surface area contributed by atoms with E-state index in [1.165, 1.54) is 17.0 Å². The zero-order valence-corrected chi connectivity index (χ0v) is 14.4. The Labute approximate surface area is 146 Å². The minimum absolute atomic E-state index is 0.0259. The highest BCUT2D eigenvalue weighted by molar-refractivity contribution is 9.10. The summed E-state index contributed by atoms with van der Waals surface area (Å²) in [5.74, 6) is -1.99. The van der Waals surface area contributed by atoms with E-state index < -0.39 is 17.4 Å². The standard InChI is InChI=1S/C15H17BrFN5O2/c16-8-4-5-9(17)11(10(8)12(23)24)22-14(19)20-13(18)21-15(22)6-2-1-3-7-15/h4-5H,1-3,6-7H2,(H,23,24)(H4,18,19,20,21). The first-order valence-corrected chi connectivity index (χ1v) is 8.36. The average Bonchev–Trinajstić information content (AvgIpc) is 2.50. The van der Waals surface area contributed by atoms with E-state index in [0.717, 1.165) is 19.3 Å². The molecule has 128 valence electrons. The Balaban J connectivity index is 2.25. The quantitative estimate of drug-likeness (QED) is 0.707. The van der Waals surface area contributed by atoms with E-state index in [4.69, 9.17) is 11.5 Å². The molecule has 1 aliphatic heterocycles. The first kappa shape index (κ1) is 16.7. The second-order valence-electron chi connectivity index (χ2n) is 5.88. The highest BCUT2D eigenvalue weighted by atomic mass is 79.9. The molecule has 1 aromatic carbocycles. The predicted molar refractivity (Wildman–Crippen MR) is 92.6 cm³/mol. The molecule has 0 aromatic heterocycles. The van der Waals surface area contributed by atoms with E-state index in [1.54, 1.807) is 0 Å². The molecule has 0 atom stereocenters. The van der Waals surface area contributed by atoms with Crippen LogP contribution in [0.5, 0.6) is 0 Å². The van der Waals surface area contributed by atoms with E-state index in [2.05, 4.69) is 25.9 Å². The number of benzene rings is 1. The van der Waals surface area contributed by atoms with Gasteiger partial charge in [0.25, 0.3) is 0 Å². The van der Waals surface area contributed by atoms with Crippen LogP contribution in [-0.2, 0) is 0 Å². The smallest absolute Gasteiger partial charge is 0.339 e. The molecule has 3 rings (SSSR count). The average molecular weight is 398 g/mol. The number of aromatic carboxylic acids is 1. The molecule has 1 fully saturated rings. The molecule has 0 saturated heterocycles. The third-order valence-electron chi connectivity index (χ3n) is 4.37. The molecule has 0 bridgehead atoms. The van der Waals surface area contributed by atoms with Gasteiger partial charge in [-0.25, -0.2) is 14.2 Å². The molecule has 5 N–H and O–H groups in total. The number of hydrogen-bond donors (Lipinski definition) is 3. The number of carbonyl (C=O) groups is 1. The van der Waals surface area contributed by atoms with Crippen molar-refractivity contribution in [2.24, 2.45) is 21.5 Å². The van der Waals surface area contributed by atoms with Gasteiger partial charge in [0.05, 0.1) is 5.69 Å². The van der Waals surface area contributed by atoms with Gasteiger partial charge in [-0.1, -0.05) is 6.42 Å². The molecule has 1 spiro atoms. The zero-order chi connectivity index (χ0) is 17.5. The number of carboxylic acids is 1. The van der Waals surface area contributed by atoms with Crippen molar-refractivity contribution >= 4 is 39.5 Å². The van der Waals surface area contributed by atoms with Crippen molar-refractivity contribution < 1.29 is 14.3 Å². The van der Waals surface area contributed by atoms with Gasteiger partial charge in [-0.05, 0) is 53.7 Å². The third-order valence-corrected chi connectivity index (χ3v) is 5.03. The first-order valence-electron chi connectivity index (χ1n) is 7.57. The van der Waals surface area contributed by atoms with Crippen LogP contribution in [-0.4, -0.2) is 28.7 Å². The number of rotatable bonds is 2. The predicted octanol–water partition coefficient (Wildman–Crippen LogP) is 2.40. The van der Waals surface area contributed by atoms with Crippen LogP contribution in [0, 0.1) is 5.82 Å². The molecular weight excluding hydrogens is 381 g/mol. The van der Waals surface area contributed by atoms with Crippen molar-refractivity contribution in [1.29, 1.82) is 0 Å². The number of guanidine groups is 2. The van der Waals surface area contributed by atoms with Crippen LogP contribution in [0.1, 0.15) is 42.5 Å². The summed E-state index contributed by atoms with van der Waals surface area (Å²) < 4.78 is 14.9. The summed E-state index contributed by atoms with van der Waals surface area (Å²) in [6, 6.07) is 2.54. The van der Waals surface area contributed by atoms with Crippen LogP contribution in [0.15, 0.2) is 26.6 Å². The van der Waals surface area contributed by atoms with Crippen LogP contribution in [0.3, 0.4) is 0 Å². The Morgan fingerprint density at radius 1 is 1.29 bits per heavy atom. The van der Waals surface area contributed by atoms with Crippen LogP contribution >= 0.6 is 15.9 Å². The van der Waals surface area contributed by atoms with Gasteiger partial charge in [0.1, 0.15) is 17.0 Å². The van der Waals surface area contributed by atoms with Gasteiger partial charge in [0.2, 0.25) is 11.9 Å². The second kappa shape index (κ2) is 6.04. The van der Waals surface area contributed by atoms with Crippen molar-refractivity contribution in [1.82, 2.24) is 0 Å². The van der Waals surface area contributed by atoms with Gasteiger partial charge in [0.15, 0.2) is 0 Å². The van der Waals surface area contributed by atoms with Crippen molar-refractivity contribution in [2.45, 2.75) is 37.8 Å². The van der Waals surface area contributed by atoms with Gasteiger partial charge < -0.3 is 16.6 Å². The summed E-state index contributed by atoms with van der Waals surface area (Å²) in [4.78, 5) is 21.5. The Morgan fingerprint density at radius 3 is 2.58 bits per heavy atom. The SMILES string of the molecule is NC1=NC2(CCCCC2)N(c2c(F)ccc(Br)c2C(=O)O)C(N)=N1. The number of carboxylic acid groups (broad SMARTS) is 1. The lowest BCUT2D eigenvalue weighted by molar-refractivity contribution is 0.0696. The molecule has 0 amide bonds. The number of nitrogens with two attached hydrogens (primary N) is 2. The van der Waals surface area contributed by atoms with Crippen molar-refractivity contribution in [3.8, 4) is 0 Å². The molecule has 9 heteroatoms. The Kier molecular flexibility index (Phi) is 4.20. The first-order chi connectivity index (χ1) is 11.4.